The zero-order valence-corrected chi connectivity index (χ0v) is 15.5. The lowest BCUT2D eigenvalue weighted by atomic mass is 10.1. The Morgan fingerprint density at radius 1 is 1.31 bits per heavy atom. The van der Waals surface area contributed by atoms with Crippen LogP contribution in [0.4, 0.5) is 0 Å². The molecule has 1 N–H and O–H groups in total. The van der Waals surface area contributed by atoms with Crippen LogP contribution in [0.15, 0.2) is 43.0 Å². The smallest absolute Gasteiger partial charge is 0.251 e. The largest absolute Gasteiger partial charge is 0.379 e. The van der Waals surface area contributed by atoms with E-state index in [1.54, 1.807) is 24.7 Å². The molecule has 3 rings (SSSR count). The normalized spacial score (nSPS) is 20.4. The van der Waals surface area contributed by atoms with Crippen molar-refractivity contribution in [2.24, 2.45) is 5.92 Å². The predicted molar refractivity (Wildman–Crippen MR) is 96.6 cm³/mol. The van der Waals surface area contributed by atoms with E-state index in [1.165, 1.54) is 18.4 Å². The van der Waals surface area contributed by atoms with Gasteiger partial charge >= 0.3 is 0 Å². The highest BCUT2D eigenvalue weighted by Crippen LogP contribution is 2.18. The highest BCUT2D eigenvalue weighted by atomic mass is 32.2. The zero-order valence-electron chi connectivity index (χ0n) is 14.7. The van der Waals surface area contributed by atoms with Crippen LogP contribution in [0.2, 0.25) is 0 Å². The number of carbonyl (C=O) groups excluding carboxylic acids is 1. The van der Waals surface area contributed by atoms with E-state index < -0.39 is 10.0 Å². The highest BCUT2D eigenvalue weighted by molar-refractivity contribution is 7.89. The number of hydrogen-bond donors (Lipinski definition) is 1. The third-order valence-electron chi connectivity index (χ3n) is 4.43. The van der Waals surface area contributed by atoms with E-state index in [1.807, 2.05) is 22.9 Å². The molecule has 0 unspecified atom stereocenters. The minimum atomic E-state index is -3.35. The second-order valence-electron chi connectivity index (χ2n) is 6.46. The number of carbonyl (C=O) groups is 1. The number of hydrogen-bond acceptors (Lipinski definition) is 5. The fourth-order valence-electron chi connectivity index (χ4n) is 2.79. The lowest BCUT2D eigenvalue weighted by Crippen LogP contribution is -2.43. The third-order valence-corrected chi connectivity index (χ3v) is 6.39. The van der Waals surface area contributed by atoms with Crippen LogP contribution in [0.1, 0.15) is 10.4 Å². The zero-order chi connectivity index (χ0) is 18.7. The van der Waals surface area contributed by atoms with Gasteiger partial charge in [0.2, 0.25) is 10.0 Å². The van der Waals surface area contributed by atoms with E-state index in [0.717, 1.165) is 5.69 Å². The second kappa shape index (κ2) is 7.56. The van der Waals surface area contributed by atoms with Crippen molar-refractivity contribution in [3.8, 4) is 5.69 Å². The molecular formula is C17H22N4O4S. The van der Waals surface area contributed by atoms with Gasteiger partial charge in [-0.1, -0.05) is 0 Å². The van der Waals surface area contributed by atoms with Crippen LogP contribution in [0.3, 0.4) is 0 Å². The van der Waals surface area contributed by atoms with Crippen molar-refractivity contribution in [2.45, 2.75) is 6.04 Å². The molecule has 1 aromatic heterocycles. The molecule has 1 aliphatic rings. The van der Waals surface area contributed by atoms with Crippen LogP contribution in [0.5, 0.6) is 0 Å². The van der Waals surface area contributed by atoms with Crippen molar-refractivity contribution < 1.29 is 17.9 Å². The standard InChI is InChI=1S/C17H22N4O4S/c1-20(2)26(23,24)11-14-9-25-10-16(14)19-17(22)13-3-5-15(6-4-13)21-8-7-18-12-21/h3-8,12,14,16H,9-11H2,1-2H3,(H,19,22)/t14-,16+/m0/s1. The molecule has 0 saturated carbocycles. The van der Waals surface area contributed by atoms with E-state index in [2.05, 4.69) is 10.3 Å². The number of nitrogens with zero attached hydrogens (tertiary/aromatic N) is 3. The molecule has 26 heavy (non-hydrogen) atoms. The summed E-state index contributed by atoms with van der Waals surface area (Å²) in [6.45, 7) is 0.629. The minimum absolute atomic E-state index is 0.0511. The summed E-state index contributed by atoms with van der Waals surface area (Å²) in [5, 5.41) is 2.89. The molecule has 1 aromatic carbocycles. The summed E-state index contributed by atoms with van der Waals surface area (Å²) in [6.07, 6.45) is 5.18. The van der Waals surface area contributed by atoms with E-state index in [0.29, 0.717) is 18.8 Å². The number of benzene rings is 1. The number of amides is 1. The summed E-state index contributed by atoms with van der Waals surface area (Å²) in [5.41, 5.74) is 1.41. The van der Waals surface area contributed by atoms with E-state index in [4.69, 9.17) is 4.74 Å². The van der Waals surface area contributed by atoms with Gasteiger partial charge in [0.25, 0.3) is 5.91 Å². The molecule has 9 heteroatoms. The summed E-state index contributed by atoms with van der Waals surface area (Å²) in [7, 11) is -0.351. The summed E-state index contributed by atoms with van der Waals surface area (Å²) in [4.78, 5) is 16.5. The maximum absolute atomic E-state index is 12.5. The molecule has 0 radical (unpaired) electrons. The van der Waals surface area contributed by atoms with Crippen molar-refractivity contribution in [3.63, 3.8) is 0 Å². The number of rotatable bonds is 6. The maximum atomic E-state index is 12.5. The maximum Gasteiger partial charge on any atom is 0.251 e. The molecule has 140 valence electrons. The van der Waals surface area contributed by atoms with Gasteiger partial charge in [0.15, 0.2) is 0 Å². The van der Waals surface area contributed by atoms with Crippen LogP contribution in [0.25, 0.3) is 5.69 Å². The van der Waals surface area contributed by atoms with Gasteiger partial charge in [0, 0.05) is 43.7 Å². The number of sulfonamides is 1. The van der Waals surface area contributed by atoms with Crippen molar-refractivity contribution in [1.82, 2.24) is 19.2 Å². The average Bonchev–Trinajstić information content (AvgIpc) is 3.27. The Bertz CT molecular complexity index is 847. The Balaban J connectivity index is 1.65. The lowest BCUT2D eigenvalue weighted by Gasteiger charge is -2.21. The topological polar surface area (TPSA) is 93.5 Å². The van der Waals surface area contributed by atoms with Gasteiger partial charge in [-0.2, -0.15) is 0 Å². The quantitative estimate of drug-likeness (QED) is 0.790. The molecule has 8 nitrogen and oxygen atoms in total. The molecule has 0 aliphatic carbocycles. The van der Waals surface area contributed by atoms with Crippen molar-refractivity contribution in [2.75, 3.05) is 33.1 Å². The highest BCUT2D eigenvalue weighted by Gasteiger charge is 2.34. The number of ether oxygens (including phenoxy) is 1. The van der Waals surface area contributed by atoms with E-state index >= 15 is 0 Å². The van der Waals surface area contributed by atoms with Crippen LogP contribution in [-0.4, -0.2) is 67.3 Å². The van der Waals surface area contributed by atoms with Crippen molar-refractivity contribution in [1.29, 1.82) is 0 Å². The van der Waals surface area contributed by atoms with Gasteiger partial charge < -0.3 is 14.6 Å². The molecule has 1 fully saturated rings. The van der Waals surface area contributed by atoms with Gasteiger partial charge in [0.05, 0.1) is 31.3 Å². The molecule has 0 bridgehead atoms. The molecule has 1 amide bonds. The van der Waals surface area contributed by atoms with Gasteiger partial charge in [-0.25, -0.2) is 17.7 Å². The summed E-state index contributed by atoms with van der Waals surface area (Å²) in [6, 6.07) is 6.79. The summed E-state index contributed by atoms with van der Waals surface area (Å²) >= 11 is 0. The Labute approximate surface area is 152 Å². The molecule has 2 heterocycles. The van der Waals surface area contributed by atoms with Crippen LogP contribution in [-0.2, 0) is 14.8 Å². The Morgan fingerprint density at radius 3 is 2.65 bits per heavy atom. The predicted octanol–water partition coefficient (Wildman–Crippen LogP) is 0.509. The van der Waals surface area contributed by atoms with Gasteiger partial charge in [0.1, 0.15) is 0 Å². The summed E-state index contributed by atoms with van der Waals surface area (Å²) in [5.74, 6) is -0.564. The minimum Gasteiger partial charge on any atom is -0.379 e. The summed E-state index contributed by atoms with van der Waals surface area (Å²) < 4.78 is 32.6. The first-order chi connectivity index (χ1) is 12.4. The first-order valence-corrected chi connectivity index (χ1v) is 9.85. The molecule has 1 saturated heterocycles. The first kappa shape index (κ1) is 18.6. The molecule has 2 atom stereocenters. The first-order valence-electron chi connectivity index (χ1n) is 8.24. The van der Waals surface area contributed by atoms with Gasteiger partial charge in [-0.3, -0.25) is 4.79 Å². The van der Waals surface area contributed by atoms with Crippen LogP contribution in [0, 0.1) is 5.92 Å². The molecule has 1 aliphatic heterocycles. The van der Waals surface area contributed by atoms with Gasteiger partial charge in [-0.15, -0.1) is 0 Å². The molecule has 2 aromatic rings. The number of aromatic nitrogens is 2. The van der Waals surface area contributed by atoms with Crippen LogP contribution >= 0.6 is 0 Å². The Morgan fingerprint density at radius 2 is 2.04 bits per heavy atom. The monoisotopic (exact) mass is 378 g/mol. The number of imidazole rings is 1. The van der Waals surface area contributed by atoms with Crippen molar-refractivity contribution in [3.05, 3.63) is 48.5 Å². The lowest BCUT2D eigenvalue weighted by molar-refractivity contribution is 0.0926. The SMILES string of the molecule is CN(C)S(=O)(=O)C[C@@H]1COC[C@H]1NC(=O)c1ccc(-n2ccnc2)cc1. The fraction of sp³-hybridized carbons (Fsp3) is 0.412. The number of nitrogens with one attached hydrogen (secondary N) is 1. The van der Waals surface area contributed by atoms with Crippen molar-refractivity contribution >= 4 is 15.9 Å². The Kier molecular flexibility index (Phi) is 5.40. The average molecular weight is 378 g/mol. The second-order valence-corrected chi connectivity index (χ2v) is 8.68. The van der Waals surface area contributed by atoms with Crippen LogP contribution < -0.4 is 5.32 Å². The van der Waals surface area contributed by atoms with Gasteiger partial charge in [-0.05, 0) is 24.3 Å². The third kappa shape index (κ3) is 4.12. The fourth-order valence-corrected chi connectivity index (χ4v) is 3.96. The van der Waals surface area contributed by atoms with E-state index in [9.17, 15) is 13.2 Å². The Hall–Kier alpha value is -2.23. The molecule has 0 spiro atoms. The van der Waals surface area contributed by atoms with E-state index in [-0.39, 0.29) is 23.6 Å². The molecular weight excluding hydrogens is 356 g/mol.